The Morgan fingerprint density at radius 2 is 1.95 bits per heavy atom. The summed E-state index contributed by atoms with van der Waals surface area (Å²) in [5.74, 6) is 1.74. The summed E-state index contributed by atoms with van der Waals surface area (Å²) < 4.78 is 0. The molecule has 2 aliphatic rings. The van der Waals surface area contributed by atoms with Gasteiger partial charge >= 0.3 is 0 Å². The molecule has 21 heavy (non-hydrogen) atoms. The van der Waals surface area contributed by atoms with Crippen LogP contribution < -0.4 is 9.80 Å². The van der Waals surface area contributed by atoms with E-state index >= 15 is 0 Å². The van der Waals surface area contributed by atoms with Crippen LogP contribution in [0.3, 0.4) is 0 Å². The largest absolute Gasteiger partial charge is 0.389 e. The van der Waals surface area contributed by atoms with Crippen LogP contribution in [-0.2, 0) is 0 Å². The first-order chi connectivity index (χ1) is 10.1. The van der Waals surface area contributed by atoms with Crippen LogP contribution in [0.4, 0.5) is 11.8 Å². The van der Waals surface area contributed by atoms with Crippen molar-refractivity contribution in [3.8, 4) is 0 Å². The number of aromatic nitrogens is 2. The summed E-state index contributed by atoms with van der Waals surface area (Å²) in [6.45, 7) is 4.72. The monoisotopic (exact) mass is 291 g/mol. The molecule has 6 nitrogen and oxygen atoms in total. The van der Waals surface area contributed by atoms with E-state index < -0.39 is 5.60 Å². The van der Waals surface area contributed by atoms with Crippen molar-refractivity contribution in [2.75, 3.05) is 56.6 Å². The molecule has 1 aliphatic carbocycles. The molecule has 1 aromatic rings. The summed E-state index contributed by atoms with van der Waals surface area (Å²) in [6, 6.07) is 1.97. The molecule has 0 amide bonds. The lowest BCUT2D eigenvalue weighted by Crippen LogP contribution is -2.54. The standard InChI is InChI=1S/C15H25N5O/c1-18(2)14-16-7-4-13(17-14)20-10-8-19(9-11-20)12-15(21)5-3-6-15/h4,7,21H,3,5-6,8-12H2,1-2H3. The van der Waals surface area contributed by atoms with E-state index in [0.29, 0.717) is 0 Å². The molecular weight excluding hydrogens is 266 g/mol. The van der Waals surface area contributed by atoms with Crippen molar-refractivity contribution in [2.45, 2.75) is 24.9 Å². The van der Waals surface area contributed by atoms with Crippen LogP contribution in [0.1, 0.15) is 19.3 Å². The van der Waals surface area contributed by atoms with E-state index in [1.54, 1.807) is 0 Å². The van der Waals surface area contributed by atoms with Gasteiger partial charge in [0.1, 0.15) is 5.82 Å². The Hall–Kier alpha value is -1.40. The average molecular weight is 291 g/mol. The lowest BCUT2D eigenvalue weighted by atomic mass is 9.80. The highest BCUT2D eigenvalue weighted by molar-refractivity contribution is 5.43. The first-order valence-electron chi connectivity index (χ1n) is 7.76. The molecule has 0 atom stereocenters. The minimum absolute atomic E-state index is 0.408. The van der Waals surface area contributed by atoms with Crippen LogP contribution in [0.15, 0.2) is 12.3 Å². The van der Waals surface area contributed by atoms with E-state index in [0.717, 1.165) is 57.3 Å². The Morgan fingerprint density at radius 1 is 1.24 bits per heavy atom. The Kier molecular flexibility index (Phi) is 3.99. The quantitative estimate of drug-likeness (QED) is 0.876. The second kappa shape index (κ2) is 5.77. The van der Waals surface area contributed by atoms with Gasteiger partial charge in [0.2, 0.25) is 5.95 Å². The van der Waals surface area contributed by atoms with Crippen LogP contribution in [0.5, 0.6) is 0 Å². The summed E-state index contributed by atoms with van der Waals surface area (Å²) >= 11 is 0. The number of rotatable bonds is 4. The maximum absolute atomic E-state index is 10.3. The summed E-state index contributed by atoms with van der Waals surface area (Å²) in [5.41, 5.74) is -0.408. The molecular formula is C15H25N5O. The number of β-amino-alcohol motifs (C(OH)–C–C–N with tert-alkyl or cyclic N) is 1. The lowest BCUT2D eigenvalue weighted by Gasteiger charge is -2.43. The second-order valence-electron chi connectivity index (χ2n) is 6.45. The highest BCUT2D eigenvalue weighted by Crippen LogP contribution is 2.32. The third kappa shape index (κ3) is 3.27. The number of hydrogen-bond acceptors (Lipinski definition) is 6. The number of piperazine rings is 1. The third-order valence-corrected chi connectivity index (χ3v) is 4.53. The molecule has 0 radical (unpaired) electrons. The van der Waals surface area contributed by atoms with Crippen molar-refractivity contribution < 1.29 is 5.11 Å². The average Bonchev–Trinajstić information content (AvgIpc) is 2.46. The van der Waals surface area contributed by atoms with E-state index in [1.165, 1.54) is 6.42 Å². The fourth-order valence-electron chi connectivity index (χ4n) is 3.03. The zero-order chi connectivity index (χ0) is 14.9. The molecule has 2 heterocycles. The minimum atomic E-state index is -0.408. The normalized spacial score (nSPS) is 22.0. The van der Waals surface area contributed by atoms with Gasteiger partial charge in [-0.05, 0) is 25.3 Å². The van der Waals surface area contributed by atoms with Gasteiger partial charge in [0.25, 0.3) is 0 Å². The predicted octanol–water partition coefficient (Wildman–Crippen LogP) is 0.580. The fraction of sp³-hybridized carbons (Fsp3) is 0.733. The molecule has 1 saturated carbocycles. The number of nitrogens with zero attached hydrogens (tertiary/aromatic N) is 5. The van der Waals surface area contributed by atoms with E-state index in [1.807, 2.05) is 31.3 Å². The van der Waals surface area contributed by atoms with Crippen molar-refractivity contribution in [1.82, 2.24) is 14.9 Å². The van der Waals surface area contributed by atoms with E-state index in [-0.39, 0.29) is 0 Å². The molecule has 0 aromatic carbocycles. The van der Waals surface area contributed by atoms with E-state index in [2.05, 4.69) is 19.8 Å². The van der Waals surface area contributed by atoms with E-state index in [9.17, 15) is 5.11 Å². The minimum Gasteiger partial charge on any atom is -0.389 e. The Labute approximate surface area is 126 Å². The lowest BCUT2D eigenvalue weighted by molar-refractivity contribution is -0.0594. The Bertz CT molecular complexity index is 481. The summed E-state index contributed by atoms with van der Waals surface area (Å²) in [7, 11) is 3.91. The molecule has 0 spiro atoms. The Balaban J connectivity index is 1.56. The third-order valence-electron chi connectivity index (χ3n) is 4.53. The van der Waals surface area contributed by atoms with Gasteiger partial charge in [0.15, 0.2) is 0 Å². The molecule has 3 rings (SSSR count). The molecule has 1 saturated heterocycles. The van der Waals surface area contributed by atoms with Gasteiger partial charge in [-0.3, -0.25) is 4.90 Å². The van der Waals surface area contributed by atoms with Crippen LogP contribution in [0.25, 0.3) is 0 Å². The molecule has 2 fully saturated rings. The topological polar surface area (TPSA) is 55.7 Å². The fourth-order valence-corrected chi connectivity index (χ4v) is 3.03. The molecule has 116 valence electrons. The van der Waals surface area contributed by atoms with Gasteiger partial charge in [-0.15, -0.1) is 0 Å². The van der Waals surface area contributed by atoms with Crippen LogP contribution >= 0.6 is 0 Å². The summed E-state index contributed by atoms with van der Waals surface area (Å²) in [6.07, 6.45) is 4.92. The van der Waals surface area contributed by atoms with Crippen molar-refractivity contribution in [3.05, 3.63) is 12.3 Å². The summed E-state index contributed by atoms with van der Waals surface area (Å²) in [5, 5.41) is 10.3. The van der Waals surface area contributed by atoms with Crippen LogP contribution in [0, 0.1) is 0 Å². The smallest absolute Gasteiger partial charge is 0.226 e. The maximum Gasteiger partial charge on any atom is 0.226 e. The highest BCUT2D eigenvalue weighted by atomic mass is 16.3. The van der Waals surface area contributed by atoms with Crippen LogP contribution in [0.2, 0.25) is 0 Å². The first kappa shape index (κ1) is 14.5. The Morgan fingerprint density at radius 3 is 2.52 bits per heavy atom. The predicted molar refractivity (Wildman–Crippen MR) is 83.8 cm³/mol. The number of aliphatic hydroxyl groups is 1. The highest BCUT2D eigenvalue weighted by Gasteiger charge is 2.36. The van der Waals surface area contributed by atoms with Crippen molar-refractivity contribution >= 4 is 11.8 Å². The molecule has 1 aromatic heterocycles. The molecule has 0 bridgehead atoms. The molecule has 1 aliphatic heterocycles. The molecule has 1 N–H and O–H groups in total. The second-order valence-corrected chi connectivity index (χ2v) is 6.45. The molecule has 0 unspecified atom stereocenters. The van der Waals surface area contributed by atoms with Crippen molar-refractivity contribution in [3.63, 3.8) is 0 Å². The zero-order valence-corrected chi connectivity index (χ0v) is 13.0. The summed E-state index contributed by atoms with van der Waals surface area (Å²) in [4.78, 5) is 15.5. The van der Waals surface area contributed by atoms with Gasteiger partial charge in [-0.2, -0.15) is 4.98 Å². The maximum atomic E-state index is 10.3. The number of hydrogen-bond donors (Lipinski definition) is 1. The molecule has 6 heteroatoms. The zero-order valence-electron chi connectivity index (χ0n) is 13.0. The van der Waals surface area contributed by atoms with Crippen molar-refractivity contribution in [1.29, 1.82) is 0 Å². The van der Waals surface area contributed by atoms with Gasteiger partial charge in [0.05, 0.1) is 5.60 Å². The SMILES string of the molecule is CN(C)c1nccc(N2CCN(CC3(O)CCC3)CC2)n1. The van der Waals surface area contributed by atoms with Gasteiger partial charge < -0.3 is 14.9 Å². The van der Waals surface area contributed by atoms with Crippen LogP contribution in [-0.4, -0.2) is 72.4 Å². The van der Waals surface area contributed by atoms with Gasteiger partial charge in [-0.1, -0.05) is 0 Å². The van der Waals surface area contributed by atoms with Crippen molar-refractivity contribution in [2.24, 2.45) is 0 Å². The van der Waals surface area contributed by atoms with Gasteiger partial charge in [0, 0.05) is 53.0 Å². The van der Waals surface area contributed by atoms with E-state index in [4.69, 9.17) is 0 Å². The number of anilines is 2. The van der Waals surface area contributed by atoms with Gasteiger partial charge in [-0.25, -0.2) is 4.98 Å². The first-order valence-corrected chi connectivity index (χ1v) is 7.76.